The fourth-order valence-electron chi connectivity index (χ4n) is 2.55. The van der Waals surface area contributed by atoms with Crippen molar-refractivity contribution in [1.29, 1.82) is 0 Å². The van der Waals surface area contributed by atoms with E-state index in [1.54, 1.807) is 0 Å². The summed E-state index contributed by atoms with van der Waals surface area (Å²) in [6.07, 6.45) is 0. The second-order valence-electron chi connectivity index (χ2n) is 4.98. The van der Waals surface area contributed by atoms with Crippen LogP contribution in [0.1, 0.15) is 10.0 Å². The first-order valence-electron chi connectivity index (χ1n) is 6.61. The summed E-state index contributed by atoms with van der Waals surface area (Å²) in [6.45, 7) is 2.80. The number of hydrogen-bond acceptors (Lipinski definition) is 2. The van der Waals surface area contributed by atoms with Gasteiger partial charge in [0.2, 0.25) is 0 Å². The van der Waals surface area contributed by atoms with E-state index in [0.29, 0.717) is 6.61 Å². The molecule has 0 atom stereocenters. The number of aryl methyl sites for hydroxylation is 1. The summed E-state index contributed by atoms with van der Waals surface area (Å²) < 4.78 is 12.0. The molecule has 2 aromatic carbocycles. The van der Waals surface area contributed by atoms with Crippen LogP contribution in [-0.2, 0) is 6.61 Å². The molecule has 0 spiro atoms. The Balaban J connectivity index is 1.93. The predicted octanol–water partition coefficient (Wildman–Crippen LogP) is 3.67. The van der Waals surface area contributed by atoms with Crippen molar-refractivity contribution in [2.24, 2.45) is 0 Å². The average molecular weight is 326 g/mol. The fraction of sp³-hybridized carbons (Fsp3) is 0.118. The fourth-order valence-corrected chi connectivity index (χ4v) is 4.25. The van der Waals surface area contributed by atoms with Gasteiger partial charge in [-0.2, -0.15) is 0 Å². The Kier molecular flexibility index (Phi) is 2.76. The SMILES string of the molecule is Cc1ccc(-c2n[se]c3c2-c2ccccc2OC3)cc1. The van der Waals surface area contributed by atoms with Crippen LogP contribution in [-0.4, -0.2) is 18.7 Å². The van der Waals surface area contributed by atoms with Crippen molar-refractivity contribution in [1.82, 2.24) is 3.98 Å². The van der Waals surface area contributed by atoms with Gasteiger partial charge in [0, 0.05) is 0 Å². The van der Waals surface area contributed by atoms with Crippen molar-refractivity contribution in [3.63, 3.8) is 0 Å². The normalized spacial score (nSPS) is 12.4. The second kappa shape index (κ2) is 4.62. The molecule has 0 saturated carbocycles. The van der Waals surface area contributed by atoms with Gasteiger partial charge in [0.25, 0.3) is 0 Å². The monoisotopic (exact) mass is 327 g/mol. The van der Waals surface area contributed by atoms with Gasteiger partial charge < -0.3 is 0 Å². The van der Waals surface area contributed by atoms with Crippen LogP contribution in [0.2, 0.25) is 0 Å². The Labute approximate surface area is 124 Å². The van der Waals surface area contributed by atoms with Crippen LogP contribution >= 0.6 is 0 Å². The van der Waals surface area contributed by atoms with E-state index in [0.717, 1.165) is 11.4 Å². The van der Waals surface area contributed by atoms with Crippen molar-refractivity contribution < 1.29 is 4.74 Å². The number of ether oxygens (including phenoxy) is 1. The molecule has 2 nitrogen and oxygen atoms in total. The van der Waals surface area contributed by atoms with Crippen molar-refractivity contribution in [2.45, 2.75) is 13.5 Å². The van der Waals surface area contributed by atoms with Gasteiger partial charge in [-0.25, -0.2) is 0 Å². The van der Waals surface area contributed by atoms with Gasteiger partial charge in [0.05, 0.1) is 0 Å². The molecule has 0 radical (unpaired) electrons. The zero-order valence-corrected chi connectivity index (χ0v) is 12.8. The van der Waals surface area contributed by atoms with Crippen LogP contribution in [0.15, 0.2) is 48.5 Å². The summed E-state index contributed by atoms with van der Waals surface area (Å²) in [6, 6.07) is 16.9. The molecule has 1 aliphatic rings. The minimum atomic E-state index is 0.170. The van der Waals surface area contributed by atoms with Crippen molar-refractivity contribution in [3.05, 3.63) is 58.5 Å². The number of benzene rings is 2. The summed E-state index contributed by atoms with van der Waals surface area (Å²) in [4.78, 5) is 0. The van der Waals surface area contributed by atoms with E-state index in [-0.39, 0.29) is 14.7 Å². The Morgan fingerprint density at radius 2 is 1.85 bits per heavy atom. The van der Waals surface area contributed by atoms with E-state index < -0.39 is 0 Å². The summed E-state index contributed by atoms with van der Waals surface area (Å²) in [5.41, 5.74) is 6.11. The Bertz CT molecular complexity index is 774. The van der Waals surface area contributed by atoms with E-state index >= 15 is 0 Å². The Morgan fingerprint density at radius 3 is 2.70 bits per heavy atom. The molecular formula is C17H13NOSe. The van der Waals surface area contributed by atoms with Gasteiger partial charge in [-0.1, -0.05) is 0 Å². The van der Waals surface area contributed by atoms with Crippen LogP contribution < -0.4 is 4.74 Å². The van der Waals surface area contributed by atoms with E-state index in [1.807, 2.05) is 12.1 Å². The Morgan fingerprint density at radius 1 is 1.05 bits per heavy atom. The van der Waals surface area contributed by atoms with Gasteiger partial charge in [-0.15, -0.1) is 0 Å². The third-order valence-corrected chi connectivity index (χ3v) is 5.32. The molecule has 3 aromatic rings. The number of hydrogen-bond donors (Lipinski definition) is 0. The van der Waals surface area contributed by atoms with E-state index in [4.69, 9.17) is 8.72 Å². The first kappa shape index (κ1) is 12.0. The molecule has 0 aliphatic carbocycles. The topological polar surface area (TPSA) is 22.1 Å². The number of fused-ring (bicyclic) bond motifs is 3. The molecule has 0 unspecified atom stereocenters. The molecule has 0 bridgehead atoms. The summed E-state index contributed by atoms with van der Waals surface area (Å²) in [5.74, 6) is 0.976. The maximum atomic E-state index is 5.83. The van der Waals surface area contributed by atoms with Crippen LogP contribution in [0.25, 0.3) is 22.4 Å². The van der Waals surface area contributed by atoms with Crippen LogP contribution in [0.5, 0.6) is 5.75 Å². The molecular weight excluding hydrogens is 313 g/mol. The quantitative estimate of drug-likeness (QED) is 0.637. The average Bonchev–Trinajstić information content (AvgIpc) is 2.92. The molecule has 0 fully saturated rings. The number of para-hydroxylation sites is 1. The second-order valence-corrected chi connectivity index (χ2v) is 6.78. The van der Waals surface area contributed by atoms with Gasteiger partial charge in [0.15, 0.2) is 0 Å². The van der Waals surface area contributed by atoms with E-state index in [2.05, 4.69) is 43.3 Å². The molecule has 0 amide bonds. The summed E-state index contributed by atoms with van der Waals surface area (Å²) in [5, 5.41) is 0. The molecule has 98 valence electrons. The molecule has 0 saturated heterocycles. The predicted molar refractivity (Wildman–Crippen MR) is 81.1 cm³/mol. The van der Waals surface area contributed by atoms with Gasteiger partial charge >= 0.3 is 124 Å². The third kappa shape index (κ3) is 1.82. The van der Waals surface area contributed by atoms with Crippen LogP contribution in [0.3, 0.4) is 0 Å². The summed E-state index contributed by atoms with van der Waals surface area (Å²) in [7, 11) is 0. The van der Waals surface area contributed by atoms with Gasteiger partial charge in [-0.05, 0) is 0 Å². The number of rotatable bonds is 1. The molecule has 1 aliphatic heterocycles. The molecule has 1 aromatic heterocycles. The first-order valence-corrected chi connectivity index (χ1v) is 8.23. The van der Waals surface area contributed by atoms with Crippen LogP contribution in [0.4, 0.5) is 0 Å². The van der Waals surface area contributed by atoms with Crippen molar-refractivity contribution in [3.8, 4) is 28.1 Å². The standard InChI is InChI=1S/C17H13NOSe/c1-11-6-8-12(9-7-11)17-16-13-4-2-3-5-14(13)19-10-15(16)20-18-17/h2-9H,10H2,1H3. The van der Waals surface area contributed by atoms with Crippen LogP contribution in [0, 0.1) is 6.92 Å². The third-order valence-electron chi connectivity index (χ3n) is 3.60. The van der Waals surface area contributed by atoms with Gasteiger partial charge in [0.1, 0.15) is 0 Å². The molecule has 2 heterocycles. The summed E-state index contributed by atoms with van der Waals surface area (Å²) >= 11 is 0.170. The first-order chi connectivity index (χ1) is 9.83. The number of nitrogens with zero attached hydrogens (tertiary/aromatic N) is 1. The zero-order chi connectivity index (χ0) is 13.5. The van der Waals surface area contributed by atoms with Crippen molar-refractivity contribution >= 4 is 14.7 Å². The molecule has 0 N–H and O–H groups in total. The van der Waals surface area contributed by atoms with E-state index in [1.165, 1.54) is 26.7 Å². The molecule has 20 heavy (non-hydrogen) atoms. The molecule has 4 rings (SSSR count). The zero-order valence-electron chi connectivity index (χ0n) is 11.1. The molecule has 3 heteroatoms. The van der Waals surface area contributed by atoms with E-state index in [9.17, 15) is 0 Å². The van der Waals surface area contributed by atoms with Crippen molar-refractivity contribution in [2.75, 3.05) is 0 Å². The number of aromatic nitrogens is 1. The minimum absolute atomic E-state index is 0.170. The van der Waals surface area contributed by atoms with Gasteiger partial charge in [-0.3, -0.25) is 0 Å². The Hall–Kier alpha value is -1.83. The maximum absolute atomic E-state index is 5.83.